The molecule has 56 valence electrons. The molecule has 3 N–H and O–H groups in total. The number of hydrogen-bond acceptors (Lipinski definition) is 3. The number of rotatable bonds is 0. The van der Waals surface area contributed by atoms with E-state index in [1.165, 1.54) is 6.33 Å². The fourth-order valence-corrected chi connectivity index (χ4v) is 0.904. The minimum Gasteiger partial charge on any atom is -0.384 e. The van der Waals surface area contributed by atoms with Gasteiger partial charge in [-0.1, -0.05) is 0 Å². The lowest BCUT2D eigenvalue weighted by molar-refractivity contribution is 0.637. The molecular formula is C6H5FN4. The first-order chi connectivity index (χ1) is 5.27. The Morgan fingerprint density at radius 3 is 3.18 bits per heavy atom. The van der Waals surface area contributed by atoms with Crippen molar-refractivity contribution in [2.45, 2.75) is 0 Å². The molecule has 2 rings (SSSR count). The first-order valence-corrected chi connectivity index (χ1v) is 3.02. The molecule has 2 aromatic rings. The molecule has 0 aromatic carbocycles. The lowest BCUT2D eigenvalue weighted by atomic mass is 10.4. The van der Waals surface area contributed by atoms with Crippen LogP contribution in [0.15, 0.2) is 12.4 Å². The number of imidazole rings is 1. The van der Waals surface area contributed by atoms with Gasteiger partial charge in [0.25, 0.3) is 0 Å². The van der Waals surface area contributed by atoms with Crippen LogP contribution < -0.4 is 5.73 Å². The Bertz CT molecular complexity index is 394. The van der Waals surface area contributed by atoms with Crippen LogP contribution in [-0.4, -0.2) is 15.0 Å². The highest BCUT2D eigenvalue weighted by molar-refractivity contribution is 5.72. The Morgan fingerprint density at radius 2 is 2.36 bits per heavy atom. The number of halogens is 1. The van der Waals surface area contributed by atoms with Crippen LogP contribution in [0.3, 0.4) is 0 Å². The summed E-state index contributed by atoms with van der Waals surface area (Å²) in [5, 5.41) is 0. The van der Waals surface area contributed by atoms with E-state index in [2.05, 4.69) is 15.0 Å². The molecule has 4 nitrogen and oxygen atoms in total. The van der Waals surface area contributed by atoms with Crippen molar-refractivity contribution in [2.24, 2.45) is 0 Å². The number of nitrogens with two attached hydrogens (primary N) is 1. The minimum absolute atomic E-state index is 0.141. The number of pyridine rings is 1. The molecule has 5 heteroatoms. The summed E-state index contributed by atoms with van der Waals surface area (Å²) in [4.78, 5) is 10.2. The van der Waals surface area contributed by atoms with Gasteiger partial charge in [-0.15, -0.1) is 0 Å². The second kappa shape index (κ2) is 1.91. The topological polar surface area (TPSA) is 67.6 Å². The third kappa shape index (κ3) is 0.813. The van der Waals surface area contributed by atoms with Crippen molar-refractivity contribution < 1.29 is 4.39 Å². The predicted molar refractivity (Wildman–Crippen MR) is 38.3 cm³/mol. The summed E-state index contributed by atoms with van der Waals surface area (Å²) in [6.45, 7) is 0. The zero-order valence-electron chi connectivity index (χ0n) is 5.50. The van der Waals surface area contributed by atoms with Crippen LogP contribution in [0.2, 0.25) is 0 Å². The van der Waals surface area contributed by atoms with E-state index in [0.717, 1.165) is 6.07 Å². The van der Waals surface area contributed by atoms with E-state index >= 15 is 0 Å². The van der Waals surface area contributed by atoms with Crippen LogP contribution in [0.5, 0.6) is 0 Å². The Balaban J connectivity index is 2.91. The number of aromatic nitrogens is 3. The number of nitrogen functional groups attached to an aromatic ring is 1. The highest BCUT2D eigenvalue weighted by Crippen LogP contribution is 2.13. The summed E-state index contributed by atoms with van der Waals surface area (Å²) < 4.78 is 12.9. The molecule has 0 radical (unpaired) electrons. The monoisotopic (exact) mass is 152 g/mol. The number of aromatic amines is 1. The van der Waals surface area contributed by atoms with Crippen molar-refractivity contribution in [3.8, 4) is 0 Å². The van der Waals surface area contributed by atoms with Gasteiger partial charge < -0.3 is 10.7 Å². The highest BCUT2D eigenvalue weighted by Gasteiger charge is 2.04. The Kier molecular flexibility index (Phi) is 1.06. The summed E-state index contributed by atoms with van der Waals surface area (Å²) >= 11 is 0. The SMILES string of the molecule is Nc1cc(F)c2[nH]cnc2n1. The van der Waals surface area contributed by atoms with Crippen LogP contribution in [0.1, 0.15) is 0 Å². The highest BCUT2D eigenvalue weighted by atomic mass is 19.1. The van der Waals surface area contributed by atoms with Crippen LogP contribution >= 0.6 is 0 Å². The standard InChI is InChI=1S/C6H5FN4/c7-3-1-4(8)11-6-5(3)9-2-10-6/h1-2H,(H3,8,9,10,11). The normalized spacial score (nSPS) is 10.6. The van der Waals surface area contributed by atoms with E-state index in [1.807, 2.05) is 0 Å². The summed E-state index contributed by atoms with van der Waals surface area (Å²) in [5.74, 6) is -0.285. The zero-order chi connectivity index (χ0) is 7.84. The quantitative estimate of drug-likeness (QED) is 0.583. The lowest BCUT2D eigenvalue weighted by Crippen LogP contribution is -1.92. The molecule has 0 atom stereocenters. The molecule has 0 fully saturated rings. The van der Waals surface area contributed by atoms with Crippen molar-refractivity contribution in [1.82, 2.24) is 15.0 Å². The molecule has 0 saturated carbocycles. The summed E-state index contributed by atoms with van der Waals surface area (Å²) in [6.07, 6.45) is 1.38. The van der Waals surface area contributed by atoms with Crippen molar-refractivity contribution in [3.63, 3.8) is 0 Å². The first kappa shape index (κ1) is 6.09. The number of H-pyrrole nitrogens is 1. The molecule has 0 unspecified atom stereocenters. The maximum absolute atomic E-state index is 12.9. The molecule has 0 aliphatic carbocycles. The van der Waals surface area contributed by atoms with Crippen molar-refractivity contribution >= 4 is 17.0 Å². The van der Waals surface area contributed by atoms with Gasteiger partial charge in [0.15, 0.2) is 11.5 Å². The fourth-order valence-electron chi connectivity index (χ4n) is 0.904. The smallest absolute Gasteiger partial charge is 0.182 e. The van der Waals surface area contributed by atoms with Gasteiger partial charge in [-0.2, -0.15) is 0 Å². The third-order valence-electron chi connectivity index (χ3n) is 1.37. The van der Waals surface area contributed by atoms with E-state index in [4.69, 9.17) is 5.73 Å². The first-order valence-electron chi connectivity index (χ1n) is 3.02. The lowest BCUT2D eigenvalue weighted by Gasteiger charge is -1.92. The molecule has 0 aliphatic heterocycles. The van der Waals surface area contributed by atoms with E-state index < -0.39 is 5.82 Å². The molecule has 0 saturated heterocycles. The number of hydrogen-bond donors (Lipinski definition) is 2. The van der Waals surface area contributed by atoms with Crippen LogP contribution in [-0.2, 0) is 0 Å². The van der Waals surface area contributed by atoms with E-state index in [0.29, 0.717) is 11.2 Å². The van der Waals surface area contributed by atoms with Gasteiger partial charge in [0, 0.05) is 6.07 Å². The van der Waals surface area contributed by atoms with Gasteiger partial charge in [-0.25, -0.2) is 14.4 Å². The molecule has 2 heterocycles. The molecule has 2 aromatic heterocycles. The largest absolute Gasteiger partial charge is 0.384 e. The minimum atomic E-state index is -0.426. The Morgan fingerprint density at radius 1 is 1.55 bits per heavy atom. The Hall–Kier alpha value is -1.65. The van der Waals surface area contributed by atoms with Gasteiger partial charge in [0.05, 0.1) is 6.33 Å². The van der Waals surface area contributed by atoms with Gasteiger partial charge in [0.2, 0.25) is 0 Å². The van der Waals surface area contributed by atoms with E-state index in [1.54, 1.807) is 0 Å². The molecular weight excluding hydrogens is 147 g/mol. The second-order valence-corrected chi connectivity index (χ2v) is 2.13. The number of nitrogens with one attached hydrogen (secondary N) is 1. The van der Waals surface area contributed by atoms with Crippen LogP contribution in [0, 0.1) is 5.82 Å². The number of fused-ring (bicyclic) bond motifs is 1. The maximum atomic E-state index is 12.9. The molecule has 11 heavy (non-hydrogen) atoms. The Labute approximate surface area is 61.3 Å². The zero-order valence-corrected chi connectivity index (χ0v) is 5.50. The average Bonchev–Trinajstić information content (AvgIpc) is 2.34. The van der Waals surface area contributed by atoms with Gasteiger partial charge in [0.1, 0.15) is 11.3 Å². The van der Waals surface area contributed by atoms with Crippen LogP contribution in [0.4, 0.5) is 10.2 Å². The van der Waals surface area contributed by atoms with Crippen molar-refractivity contribution in [3.05, 3.63) is 18.2 Å². The van der Waals surface area contributed by atoms with Crippen molar-refractivity contribution in [2.75, 3.05) is 5.73 Å². The molecule has 0 aliphatic rings. The van der Waals surface area contributed by atoms with Gasteiger partial charge in [-0.05, 0) is 0 Å². The van der Waals surface area contributed by atoms with Crippen LogP contribution in [0.25, 0.3) is 11.2 Å². The maximum Gasteiger partial charge on any atom is 0.182 e. The van der Waals surface area contributed by atoms with Gasteiger partial charge >= 0.3 is 0 Å². The van der Waals surface area contributed by atoms with E-state index in [9.17, 15) is 4.39 Å². The second-order valence-electron chi connectivity index (χ2n) is 2.13. The summed E-state index contributed by atoms with van der Waals surface area (Å²) in [5.41, 5.74) is 5.88. The third-order valence-corrected chi connectivity index (χ3v) is 1.37. The van der Waals surface area contributed by atoms with E-state index in [-0.39, 0.29) is 5.82 Å². The average molecular weight is 152 g/mol. The summed E-state index contributed by atoms with van der Waals surface area (Å²) in [7, 11) is 0. The number of nitrogens with zero attached hydrogens (tertiary/aromatic N) is 2. The molecule has 0 spiro atoms. The van der Waals surface area contributed by atoms with Gasteiger partial charge in [-0.3, -0.25) is 0 Å². The van der Waals surface area contributed by atoms with Crippen molar-refractivity contribution in [1.29, 1.82) is 0 Å². The summed E-state index contributed by atoms with van der Waals surface area (Å²) in [6, 6.07) is 1.15. The molecule has 0 bridgehead atoms. The molecule has 0 amide bonds. The number of anilines is 1. The fraction of sp³-hybridized carbons (Fsp3) is 0. The predicted octanol–water partition coefficient (Wildman–Crippen LogP) is 0.679.